The second kappa shape index (κ2) is 5.16. The fraction of sp³-hybridized carbons (Fsp3) is 1.00. The molecule has 0 amide bonds. The molecule has 4 rings (SSSR count). The van der Waals surface area contributed by atoms with Gasteiger partial charge in [-0.25, -0.2) is 0 Å². The van der Waals surface area contributed by atoms with Gasteiger partial charge in [0, 0.05) is 11.0 Å². The standard InChI is InChI=1S/C19H31N3/c1-18-9-3-4-16(18)15-6-5-13-12-14(21-22-20)7-11-19(13,2)17(15)8-10-18/h13-17H,3-12H2,1-2H3/t13-,14-,15-,16-,17-,18-,19-/m0/s1. The van der Waals surface area contributed by atoms with E-state index in [2.05, 4.69) is 23.9 Å². The maximum atomic E-state index is 8.76. The number of rotatable bonds is 1. The van der Waals surface area contributed by atoms with E-state index in [1.807, 2.05) is 0 Å². The minimum absolute atomic E-state index is 0.278. The number of hydrogen-bond acceptors (Lipinski definition) is 1. The Labute approximate surface area is 134 Å². The van der Waals surface area contributed by atoms with Crippen LogP contribution < -0.4 is 0 Å². The van der Waals surface area contributed by atoms with Gasteiger partial charge in [0.1, 0.15) is 0 Å². The van der Waals surface area contributed by atoms with Gasteiger partial charge in [-0.1, -0.05) is 25.4 Å². The average molecular weight is 301 g/mol. The van der Waals surface area contributed by atoms with Crippen molar-refractivity contribution in [1.82, 2.24) is 0 Å². The molecule has 0 aliphatic heterocycles. The minimum Gasteiger partial charge on any atom is -0.0906 e. The molecule has 4 saturated carbocycles. The highest BCUT2D eigenvalue weighted by Crippen LogP contribution is 2.66. The van der Waals surface area contributed by atoms with Crippen molar-refractivity contribution < 1.29 is 0 Å². The van der Waals surface area contributed by atoms with E-state index in [0.717, 1.165) is 36.5 Å². The van der Waals surface area contributed by atoms with E-state index in [0.29, 0.717) is 10.8 Å². The monoisotopic (exact) mass is 301 g/mol. The summed E-state index contributed by atoms with van der Waals surface area (Å²) in [6, 6.07) is 0.278. The summed E-state index contributed by atoms with van der Waals surface area (Å²) in [7, 11) is 0. The number of azide groups is 1. The van der Waals surface area contributed by atoms with Gasteiger partial charge < -0.3 is 0 Å². The normalized spacial score (nSPS) is 53.8. The fourth-order valence-electron chi connectivity index (χ4n) is 7.41. The van der Waals surface area contributed by atoms with Crippen LogP contribution in [0.2, 0.25) is 0 Å². The van der Waals surface area contributed by atoms with Crippen molar-refractivity contribution in [3.05, 3.63) is 10.4 Å². The molecule has 0 spiro atoms. The van der Waals surface area contributed by atoms with Crippen molar-refractivity contribution >= 4 is 0 Å². The highest BCUT2D eigenvalue weighted by atomic mass is 15.1. The minimum atomic E-state index is 0.278. The lowest BCUT2D eigenvalue weighted by Gasteiger charge is -2.60. The van der Waals surface area contributed by atoms with Gasteiger partial charge in [0.2, 0.25) is 0 Å². The van der Waals surface area contributed by atoms with Crippen molar-refractivity contribution in [1.29, 1.82) is 0 Å². The Hall–Kier alpha value is -0.690. The Balaban J connectivity index is 1.58. The lowest BCUT2D eigenvalue weighted by atomic mass is 9.45. The molecule has 22 heavy (non-hydrogen) atoms. The Bertz CT molecular complexity index is 497. The molecule has 4 aliphatic carbocycles. The van der Waals surface area contributed by atoms with E-state index in [1.54, 1.807) is 0 Å². The lowest BCUT2D eigenvalue weighted by Crippen LogP contribution is -2.53. The zero-order chi connectivity index (χ0) is 15.4. The van der Waals surface area contributed by atoms with Gasteiger partial charge in [-0.2, -0.15) is 0 Å². The number of fused-ring (bicyclic) bond motifs is 5. The average Bonchev–Trinajstić information content (AvgIpc) is 2.89. The molecule has 0 unspecified atom stereocenters. The van der Waals surface area contributed by atoms with Crippen molar-refractivity contribution in [3.63, 3.8) is 0 Å². The summed E-state index contributed by atoms with van der Waals surface area (Å²) < 4.78 is 0. The van der Waals surface area contributed by atoms with E-state index in [1.165, 1.54) is 51.4 Å². The van der Waals surface area contributed by atoms with Gasteiger partial charge >= 0.3 is 0 Å². The van der Waals surface area contributed by atoms with Crippen LogP contribution in [0.1, 0.15) is 78.1 Å². The van der Waals surface area contributed by atoms with Crippen LogP contribution in [0.5, 0.6) is 0 Å². The first-order valence-electron chi connectivity index (χ1n) is 9.61. The maximum absolute atomic E-state index is 8.76. The van der Waals surface area contributed by atoms with E-state index < -0.39 is 0 Å². The van der Waals surface area contributed by atoms with Crippen LogP contribution in [0.25, 0.3) is 10.4 Å². The first-order valence-corrected chi connectivity index (χ1v) is 9.61. The molecule has 0 saturated heterocycles. The van der Waals surface area contributed by atoms with Crippen molar-refractivity contribution in [3.8, 4) is 0 Å². The number of nitrogens with zero attached hydrogens (tertiary/aromatic N) is 3. The summed E-state index contributed by atoms with van der Waals surface area (Å²) in [5, 5.41) is 4.05. The largest absolute Gasteiger partial charge is 0.0906 e. The van der Waals surface area contributed by atoms with Crippen LogP contribution in [-0.4, -0.2) is 6.04 Å². The molecule has 4 fully saturated rings. The summed E-state index contributed by atoms with van der Waals surface area (Å²) in [5.41, 5.74) is 9.96. The lowest BCUT2D eigenvalue weighted by molar-refractivity contribution is -0.105. The fourth-order valence-corrected chi connectivity index (χ4v) is 7.41. The SMILES string of the molecule is C[C@@]12CCC[C@H]1[C@@H]1CC[C@H]3C[C@@H](N=[N+]=[N-])CC[C@]3(C)[C@H]1CC2. The molecule has 3 nitrogen and oxygen atoms in total. The third-order valence-corrected chi connectivity index (χ3v) is 8.63. The predicted molar refractivity (Wildman–Crippen MR) is 89.3 cm³/mol. The van der Waals surface area contributed by atoms with Gasteiger partial charge in [-0.05, 0) is 97.8 Å². The second-order valence-corrected chi connectivity index (χ2v) is 9.37. The highest BCUT2D eigenvalue weighted by molar-refractivity contribution is 5.07. The van der Waals surface area contributed by atoms with Gasteiger partial charge in [-0.3, -0.25) is 0 Å². The molecule has 0 aromatic carbocycles. The van der Waals surface area contributed by atoms with Crippen LogP contribution >= 0.6 is 0 Å². The zero-order valence-electron chi connectivity index (χ0n) is 14.3. The quantitative estimate of drug-likeness (QED) is 0.319. The van der Waals surface area contributed by atoms with Crippen molar-refractivity contribution in [2.24, 2.45) is 39.6 Å². The van der Waals surface area contributed by atoms with E-state index >= 15 is 0 Å². The third-order valence-electron chi connectivity index (χ3n) is 8.63. The molecular weight excluding hydrogens is 270 g/mol. The van der Waals surface area contributed by atoms with Crippen molar-refractivity contribution in [2.45, 2.75) is 84.1 Å². The Morgan fingerprint density at radius 1 is 0.955 bits per heavy atom. The molecule has 7 atom stereocenters. The molecule has 0 heterocycles. The number of hydrogen-bond donors (Lipinski definition) is 0. The van der Waals surface area contributed by atoms with Crippen LogP contribution in [0.3, 0.4) is 0 Å². The molecule has 122 valence electrons. The molecular formula is C19H31N3. The molecule has 0 aromatic rings. The molecule has 0 radical (unpaired) electrons. The Morgan fingerprint density at radius 2 is 1.82 bits per heavy atom. The molecule has 0 N–H and O–H groups in total. The summed E-state index contributed by atoms with van der Waals surface area (Å²) in [4.78, 5) is 3.08. The van der Waals surface area contributed by atoms with E-state index in [9.17, 15) is 0 Å². The van der Waals surface area contributed by atoms with Gasteiger partial charge in [-0.15, -0.1) is 0 Å². The van der Waals surface area contributed by atoms with Gasteiger partial charge in [0.25, 0.3) is 0 Å². The van der Waals surface area contributed by atoms with Crippen molar-refractivity contribution in [2.75, 3.05) is 0 Å². The first kappa shape index (κ1) is 14.9. The van der Waals surface area contributed by atoms with E-state index in [4.69, 9.17) is 5.53 Å². The highest BCUT2D eigenvalue weighted by Gasteiger charge is 2.57. The Morgan fingerprint density at radius 3 is 2.64 bits per heavy atom. The van der Waals surface area contributed by atoms with Crippen LogP contribution in [0.15, 0.2) is 5.11 Å². The summed E-state index contributed by atoms with van der Waals surface area (Å²) >= 11 is 0. The predicted octanol–water partition coefficient (Wildman–Crippen LogP) is 6.10. The smallest absolute Gasteiger partial charge is 0.0377 e. The molecule has 0 bridgehead atoms. The van der Waals surface area contributed by atoms with Crippen LogP contribution in [0, 0.1) is 34.5 Å². The van der Waals surface area contributed by atoms with Crippen LogP contribution in [-0.2, 0) is 0 Å². The van der Waals surface area contributed by atoms with E-state index in [-0.39, 0.29) is 6.04 Å². The molecule has 3 heteroatoms. The molecule has 4 aliphatic rings. The maximum Gasteiger partial charge on any atom is 0.0377 e. The third kappa shape index (κ3) is 2.04. The second-order valence-electron chi connectivity index (χ2n) is 9.37. The first-order chi connectivity index (χ1) is 10.6. The Kier molecular flexibility index (Phi) is 3.49. The summed E-state index contributed by atoms with van der Waals surface area (Å²) in [6.07, 6.45) is 13.8. The topological polar surface area (TPSA) is 48.8 Å². The zero-order valence-corrected chi connectivity index (χ0v) is 14.3. The van der Waals surface area contributed by atoms with Gasteiger partial charge in [0.15, 0.2) is 0 Å². The van der Waals surface area contributed by atoms with Gasteiger partial charge in [0.05, 0.1) is 0 Å². The molecule has 0 aromatic heterocycles. The summed E-state index contributed by atoms with van der Waals surface area (Å²) in [6.45, 7) is 5.19. The van der Waals surface area contributed by atoms with Crippen LogP contribution in [0.4, 0.5) is 0 Å². The summed E-state index contributed by atoms with van der Waals surface area (Å²) in [5.74, 6) is 3.77.